The van der Waals surface area contributed by atoms with Crippen LogP contribution in [0.15, 0.2) is 40.0 Å². The van der Waals surface area contributed by atoms with Gasteiger partial charge in [0.05, 0.1) is 6.61 Å². The number of amides is 1. The van der Waals surface area contributed by atoms with E-state index < -0.39 is 9.84 Å². The van der Waals surface area contributed by atoms with Crippen molar-refractivity contribution in [3.63, 3.8) is 0 Å². The number of hydrogen-bond acceptors (Lipinski definition) is 7. The summed E-state index contributed by atoms with van der Waals surface area (Å²) in [5, 5.41) is 9.71. The second kappa shape index (κ2) is 11.4. The van der Waals surface area contributed by atoms with Gasteiger partial charge in [-0.2, -0.15) is 0 Å². The van der Waals surface area contributed by atoms with Crippen molar-refractivity contribution in [2.75, 3.05) is 19.4 Å². The van der Waals surface area contributed by atoms with Gasteiger partial charge in [0.15, 0.2) is 0 Å². The van der Waals surface area contributed by atoms with Gasteiger partial charge in [0, 0.05) is 25.3 Å². The van der Waals surface area contributed by atoms with Crippen LogP contribution < -0.4 is 10.1 Å². The molecule has 0 bridgehead atoms. The van der Waals surface area contributed by atoms with Crippen LogP contribution in [-0.4, -0.2) is 43.9 Å². The van der Waals surface area contributed by atoms with Crippen molar-refractivity contribution in [2.24, 2.45) is 0 Å². The highest BCUT2D eigenvalue weighted by Gasteiger charge is 2.15. The fourth-order valence-electron chi connectivity index (χ4n) is 2.40. The van der Waals surface area contributed by atoms with Gasteiger partial charge in [-0.05, 0) is 43.0 Å². The summed E-state index contributed by atoms with van der Waals surface area (Å²) in [7, 11) is -3.46. The van der Waals surface area contributed by atoms with Gasteiger partial charge in [-0.25, -0.2) is 8.42 Å². The largest absolute Gasteiger partial charge is 0.494 e. The van der Waals surface area contributed by atoms with Crippen LogP contribution in [0.3, 0.4) is 0 Å². The molecule has 2 rings (SSSR count). The summed E-state index contributed by atoms with van der Waals surface area (Å²) in [4.78, 5) is 11.9. The number of nitrogens with zero attached hydrogens (tertiary/aromatic N) is 2. The molecule has 1 aromatic heterocycles. The van der Waals surface area contributed by atoms with Crippen molar-refractivity contribution >= 4 is 21.8 Å². The third-order valence-corrected chi connectivity index (χ3v) is 4.71. The zero-order chi connectivity index (χ0) is 21.1. The molecule has 0 saturated heterocycles. The van der Waals surface area contributed by atoms with E-state index in [1.165, 1.54) is 6.08 Å². The zero-order valence-electron chi connectivity index (χ0n) is 16.8. The number of aromatic nitrogens is 2. The molecule has 0 fully saturated rings. The lowest BCUT2D eigenvalue weighted by molar-refractivity contribution is -0.116. The number of ether oxygens (including phenoxy) is 1. The highest BCUT2D eigenvalue weighted by molar-refractivity contribution is 7.90. The molecule has 1 amide bonds. The molecule has 0 saturated carbocycles. The lowest BCUT2D eigenvalue weighted by Crippen LogP contribution is -2.21. The summed E-state index contributed by atoms with van der Waals surface area (Å²) in [6.07, 6.45) is 8.18. The molecule has 9 heteroatoms. The Balaban J connectivity index is 1.60. The molecule has 0 radical (unpaired) electrons. The topological polar surface area (TPSA) is 111 Å². The van der Waals surface area contributed by atoms with E-state index in [1.54, 1.807) is 6.08 Å². The normalized spacial score (nSPS) is 11.7. The minimum atomic E-state index is -3.46. The van der Waals surface area contributed by atoms with Crippen LogP contribution in [0.4, 0.5) is 0 Å². The van der Waals surface area contributed by atoms with Crippen molar-refractivity contribution in [2.45, 2.75) is 44.3 Å². The molecule has 0 aliphatic carbocycles. The quantitative estimate of drug-likeness (QED) is 0.414. The second-order valence-corrected chi connectivity index (χ2v) is 8.48. The summed E-state index contributed by atoms with van der Waals surface area (Å²) in [6, 6.07) is 7.58. The van der Waals surface area contributed by atoms with Crippen molar-refractivity contribution in [3.05, 3.63) is 41.8 Å². The minimum absolute atomic E-state index is 0.147. The van der Waals surface area contributed by atoms with Gasteiger partial charge in [-0.1, -0.05) is 30.6 Å². The molecule has 1 heterocycles. The van der Waals surface area contributed by atoms with Crippen LogP contribution in [0.2, 0.25) is 0 Å². The smallest absolute Gasteiger partial charge is 0.335 e. The fraction of sp³-hybridized carbons (Fsp3) is 0.450. The van der Waals surface area contributed by atoms with Crippen molar-refractivity contribution in [1.29, 1.82) is 0 Å². The number of carbonyl (C=O) groups is 1. The first-order chi connectivity index (χ1) is 13.9. The molecule has 158 valence electrons. The Morgan fingerprint density at radius 1 is 1.17 bits per heavy atom. The molecule has 0 atom stereocenters. The van der Waals surface area contributed by atoms with Crippen LogP contribution in [0, 0.1) is 0 Å². The highest BCUT2D eigenvalue weighted by atomic mass is 32.2. The summed E-state index contributed by atoms with van der Waals surface area (Å²) >= 11 is 0. The van der Waals surface area contributed by atoms with Gasteiger partial charge < -0.3 is 14.5 Å². The molecule has 1 N–H and O–H groups in total. The highest BCUT2D eigenvalue weighted by Crippen LogP contribution is 2.13. The average Bonchev–Trinajstić information content (AvgIpc) is 3.17. The maximum atomic E-state index is 11.9. The van der Waals surface area contributed by atoms with E-state index in [1.807, 2.05) is 24.3 Å². The number of unbranched alkanes of at least 4 members (excludes halogenated alkanes) is 2. The first-order valence-electron chi connectivity index (χ1n) is 9.59. The Bertz CT molecular complexity index is 904. The van der Waals surface area contributed by atoms with E-state index in [0.29, 0.717) is 25.5 Å². The van der Waals surface area contributed by atoms with Crippen molar-refractivity contribution < 1.29 is 22.4 Å². The maximum absolute atomic E-state index is 11.9. The Hall–Kier alpha value is -2.68. The monoisotopic (exact) mass is 421 g/mol. The van der Waals surface area contributed by atoms with Crippen LogP contribution in [0.25, 0.3) is 6.08 Å². The molecule has 0 aliphatic heterocycles. The molecule has 29 heavy (non-hydrogen) atoms. The molecular weight excluding hydrogens is 394 g/mol. The van der Waals surface area contributed by atoms with Crippen molar-refractivity contribution in [1.82, 2.24) is 15.5 Å². The van der Waals surface area contributed by atoms with Gasteiger partial charge in [-0.15, -0.1) is 5.10 Å². The zero-order valence-corrected chi connectivity index (χ0v) is 17.6. The third kappa shape index (κ3) is 8.47. The summed E-state index contributed by atoms with van der Waals surface area (Å²) in [5.74, 6) is 0.982. The SMILES string of the molecule is CCCOc1ccc(/C=C/C(=O)NCCCCCc2nnc(S(C)(=O)=O)o2)cc1. The van der Waals surface area contributed by atoms with E-state index in [4.69, 9.17) is 9.15 Å². The number of aryl methyl sites for hydroxylation is 1. The molecule has 8 nitrogen and oxygen atoms in total. The standard InChI is InChI=1S/C20H27N3O5S/c1-3-15-27-17-11-8-16(9-12-17)10-13-18(24)21-14-6-4-5-7-19-22-23-20(28-19)29(2,25)26/h8-13H,3-7,14-15H2,1-2H3,(H,21,24)/b13-10+. The van der Waals surface area contributed by atoms with Crippen LogP contribution in [0.5, 0.6) is 5.75 Å². The first-order valence-corrected chi connectivity index (χ1v) is 11.5. The van der Waals surface area contributed by atoms with E-state index in [2.05, 4.69) is 22.4 Å². The average molecular weight is 422 g/mol. The molecule has 0 aliphatic rings. The van der Waals surface area contributed by atoms with E-state index in [-0.39, 0.29) is 11.1 Å². The second-order valence-electron chi connectivity index (χ2n) is 6.59. The fourth-order valence-corrected chi connectivity index (χ4v) is 2.84. The van der Waals surface area contributed by atoms with Crippen molar-refractivity contribution in [3.8, 4) is 5.75 Å². The molecule has 2 aromatic rings. The number of carbonyl (C=O) groups excluding carboxylic acids is 1. The van der Waals surface area contributed by atoms with Gasteiger partial charge in [0.25, 0.3) is 0 Å². The Morgan fingerprint density at radius 2 is 1.93 bits per heavy atom. The summed E-state index contributed by atoms with van der Waals surface area (Å²) in [5.41, 5.74) is 0.928. The lowest BCUT2D eigenvalue weighted by Gasteiger charge is -2.04. The number of benzene rings is 1. The first kappa shape index (κ1) is 22.6. The minimum Gasteiger partial charge on any atom is -0.494 e. The van der Waals surface area contributed by atoms with Crippen LogP contribution >= 0.6 is 0 Å². The molecule has 0 spiro atoms. The Morgan fingerprint density at radius 3 is 2.59 bits per heavy atom. The Kier molecular flexibility index (Phi) is 8.85. The predicted molar refractivity (Wildman–Crippen MR) is 109 cm³/mol. The molecule has 0 unspecified atom stereocenters. The number of sulfone groups is 1. The van der Waals surface area contributed by atoms with E-state index in [9.17, 15) is 13.2 Å². The number of rotatable bonds is 12. The Labute approximate surface area is 171 Å². The summed E-state index contributed by atoms with van der Waals surface area (Å²) in [6.45, 7) is 3.31. The maximum Gasteiger partial charge on any atom is 0.335 e. The van der Waals surface area contributed by atoms with E-state index in [0.717, 1.165) is 43.3 Å². The lowest BCUT2D eigenvalue weighted by atomic mass is 10.2. The van der Waals surface area contributed by atoms with Gasteiger partial charge in [0.2, 0.25) is 21.6 Å². The van der Waals surface area contributed by atoms with Crippen LogP contribution in [0.1, 0.15) is 44.1 Å². The molecular formula is C20H27N3O5S. The number of hydrogen-bond donors (Lipinski definition) is 1. The molecule has 1 aromatic carbocycles. The van der Waals surface area contributed by atoms with Gasteiger partial charge in [-0.3, -0.25) is 4.79 Å². The van der Waals surface area contributed by atoms with Gasteiger partial charge in [0.1, 0.15) is 5.75 Å². The third-order valence-electron chi connectivity index (χ3n) is 3.91. The van der Waals surface area contributed by atoms with Gasteiger partial charge >= 0.3 is 5.22 Å². The number of nitrogens with one attached hydrogen (secondary N) is 1. The van der Waals surface area contributed by atoms with E-state index >= 15 is 0 Å². The summed E-state index contributed by atoms with van der Waals surface area (Å²) < 4.78 is 33.2. The van der Waals surface area contributed by atoms with Crippen LogP contribution in [-0.2, 0) is 21.1 Å². The predicted octanol–water partition coefficient (Wildman–Crippen LogP) is 2.80.